The van der Waals surface area contributed by atoms with Crippen molar-refractivity contribution in [3.8, 4) is 0 Å². The summed E-state index contributed by atoms with van der Waals surface area (Å²) in [5.41, 5.74) is 0. The lowest BCUT2D eigenvalue weighted by atomic mass is 10.3. The molecule has 1 rings (SSSR count). The lowest BCUT2D eigenvalue weighted by molar-refractivity contribution is -0.697. The summed E-state index contributed by atoms with van der Waals surface area (Å²) in [5, 5.41) is 0. The lowest BCUT2D eigenvalue weighted by Gasteiger charge is -2.03. The second kappa shape index (κ2) is 5.02. The van der Waals surface area contributed by atoms with Gasteiger partial charge < -0.3 is 4.74 Å². The van der Waals surface area contributed by atoms with E-state index in [-0.39, 0.29) is 6.23 Å². The Morgan fingerprint density at radius 2 is 2.31 bits per heavy atom. The highest BCUT2D eigenvalue weighted by Crippen LogP contribution is 2.02. The maximum absolute atomic E-state index is 5.20. The number of hydrogen-bond donors (Lipinski definition) is 0. The summed E-state index contributed by atoms with van der Waals surface area (Å²) in [6.07, 6.45) is 8.82. The van der Waals surface area contributed by atoms with E-state index in [0.717, 1.165) is 6.54 Å². The van der Waals surface area contributed by atoms with Crippen molar-refractivity contribution in [2.45, 2.75) is 39.5 Å². The Kier molecular flexibility index (Phi) is 3.96. The summed E-state index contributed by atoms with van der Waals surface area (Å²) in [5.74, 6) is 0. The Labute approximate surface area is 79.9 Å². The topological polar surface area (TPSA) is 18.0 Å². The highest BCUT2D eigenvalue weighted by Gasteiger charge is 2.09. The number of imidazole rings is 1. The predicted molar refractivity (Wildman–Crippen MR) is 51.3 cm³/mol. The molecule has 13 heavy (non-hydrogen) atoms. The zero-order valence-electron chi connectivity index (χ0n) is 8.73. The Morgan fingerprint density at radius 1 is 1.54 bits per heavy atom. The summed E-state index contributed by atoms with van der Waals surface area (Å²) in [7, 11) is 1.72. The summed E-state index contributed by atoms with van der Waals surface area (Å²) in [4.78, 5) is 0. The van der Waals surface area contributed by atoms with E-state index in [2.05, 4.69) is 28.6 Å². The van der Waals surface area contributed by atoms with Gasteiger partial charge in [-0.15, -0.1) is 0 Å². The molecule has 1 atom stereocenters. The fraction of sp³-hybridized carbons (Fsp3) is 0.700. The van der Waals surface area contributed by atoms with Crippen molar-refractivity contribution in [1.82, 2.24) is 4.57 Å². The van der Waals surface area contributed by atoms with Crippen molar-refractivity contribution < 1.29 is 9.30 Å². The molecule has 0 aliphatic carbocycles. The van der Waals surface area contributed by atoms with E-state index in [9.17, 15) is 0 Å². The number of aryl methyl sites for hydroxylation is 1. The quantitative estimate of drug-likeness (QED) is 0.636. The van der Waals surface area contributed by atoms with Crippen molar-refractivity contribution in [2.75, 3.05) is 7.11 Å². The Hall–Kier alpha value is -0.830. The minimum Gasteiger partial charge on any atom is -0.343 e. The monoisotopic (exact) mass is 183 g/mol. The maximum Gasteiger partial charge on any atom is 0.245 e. The van der Waals surface area contributed by atoms with Crippen molar-refractivity contribution in [2.24, 2.45) is 0 Å². The Balaban J connectivity index is 2.53. The van der Waals surface area contributed by atoms with Gasteiger partial charge in [-0.2, -0.15) is 0 Å². The van der Waals surface area contributed by atoms with Crippen LogP contribution in [-0.2, 0) is 11.3 Å². The maximum atomic E-state index is 5.20. The number of aromatic nitrogens is 2. The molecule has 0 saturated heterocycles. The van der Waals surface area contributed by atoms with Crippen LogP contribution in [0, 0.1) is 0 Å². The smallest absolute Gasteiger partial charge is 0.245 e. The largest absolute Gasteiger partial charge is 0.343 e. The molecule has 0 aliphatic heterocycles. The van der Waals surface area contributed by atoms with Gasteiger partial charge in [-0.05, 0) is 6.42 Å². The van der Waals surface area contributed by atoms with Gasteiger partial charge in [0.25, 0.3) is 0 Å². The summed E-state index contributed by atoms with van der Waals surface area (Å²) < 4.78 is 9.46. The van der Waals surface area contributed by atoms with Crippen LogP contribution in [0.4, 0.5) is 0 Å². The third kappa shape index (κ3) is 2.84. The van der Waals surface area contributed by atoms with Crippen LogP contribution in [0.15, 0.2) is 18.7 Å². The second-order valence-corrected chi connectivity index (χ2v) is 3.29. The van der Waals surface area contributed by atoms with Crippen LogP contribution in [0.25, 0.3) is 0 Å². The van der Waals surface area contributed by atoms with Crippen LogP contribution in [0.5, 0.6) is 0 Å². The molecular formula is C10H19N2O+. The van der Waals surface area contributed by atoms with Crippen molar-refractivity contribution in [3.63, 3.8) is 0 Å². The molecule has 0 radical (unpaired) electrons. The molecule has 0 saturated carbocycles. The molecule has 1 unspecified atom stereocenters. The minimum atomic E-state index is 0.128. The third-order valence-electron chi connectivity index (χ3n) is 2.24. The first-order valence-corrected chi connectivity index (χ1v) is 4.87. The summed E-state index contributed by atoms with van der Waals surface area (Å²) in [6, 6.07) is 0. The van der Waals surface area contributed by atoms with Gasteiger partial charge in [0.1, 0.15) is 12.4 Å². The molecule has 3 heteroatoms. The lowest BCUT2D eigenvalue weighted by Crippen LogP contribution is -2.31. The minimum absolute atomic E-state index is 0.128. The molecule has 0 N–H and O–H groups in total. The van der Waals surface area contributed by atoms with Crippen LogP contribution in [-0.4, -0.2) is 11.7 Å². The molecule has 0 spiro atoms. The van der Waals surface area contributed by atoms with Crippen molar-refractivity contribution in [3.05, 3.63) is 18.7 Å². The second-order valence-electron chi connectivity index (χ2n) is 3.29. The number of nitrogens with zero attached hydrogens (tertiary/aromatic N) is 2. The van der Waals surface area contributed by atoms with E-state index in [4.69, 9.17) is 4.74 Å². The SMILES string of the molecule is CCCC[n+]1ccn(C(C)OC)c1. The zero-order chi connectivity index (χ0) is 9.68. The Morgan fingerprint density at radius 3 is 2.92 bits per heavy atom. The molecular weight excluding hydrogens is 164 g/mol. The Bertz CT molecular complexity index is 245. The normalized spacial score (nSPS) is 13.2. The fourth-order valence-corrected chi connectivity index (χ4v) is 1.22. The van der Waals surface area contributed by atoms with Gasteiger partial charge in [-0.1, -0.05) is 13.3 Å². The summed E-state index contributed by atoms with van der Waals surface area (Å²) >= 11 is 0. The van der Waals surface area contributed by atoms with Crippen LogP contribution < -0.4 is 4.57 Å². The van der Waals surface area contributed by atoms with Gasteiger partial charge in [0.15, 0.2) is 6.23 Å². The number of unbranched alkanes of at least 4 members (excludes halogenated alkanes) is 1. The van der Waals surface area contributed by atoms with Gasteiger partial charge in [0.2, 0.25) is 6.33 Å². The molecule has 0 aliphatic rings. The fourth-order valence-electron chi connectivity index (χ4n) is 1.22. The molecule has 1 heterocycles. The zero-order valence-corrected chi connectivity index (χ0v) is 8.73. The molecule has 3 nitrogen and oxygen atoms in total. The molecule has 74 valence electrons. The van der Waals surface area contributed by atoms with Gasteiger partial charge in [-0.3, -0.25) is 0 Å². The van der Waals surface area contributed by atoms with Crippen molar-refractivity contribution in [1.29, 1.82) is 0 Å². The van der Waals surface area contributed by atoms with E-state index >= 15 is 0 Å². The molecule has 0 aromatic carbocycles. The molecule has 0 amide bonds. The summed E-state index contributed by atoms with van der Waals surface area (Å²) in [6.45, 7) is 5.33. The van der Waals surface area contributed by atoms with Crippen LogP contribution in [0.1, 0.15) is 32.9 Å². The highest BCUT2D eigenvalue weighted by atomic mass is 16.5. The van der Waals surface area contributed by atoms with Gasteiger partial charge in [0, 0.05) is 14.0 Å². The van der Waals surface area contributed by atoms with E-state index in [0.29, 0.717) is 0 Å². The average Bonchev–Trinajstić information content (AvgIpc) is 2.62. The van der Waals surface area contributed by atoms with Gasteiger partial charge >= 0.3 is 0 Å². The number of ether oxygens (including phenoxy) is 1. The molecule has 1 aromatic rings. The van der Waals surface area contributed by atoms with E-state index in [1.54, 1.807) is 7.11 Å². The van der Waals surface area contributed by atoms with Crippen LogP contribution in [0.2, 0.25) is 0 Å². The van der Waals surface area contributed by atoms with Gasteiger partial charge in [0.05, 0.1) is 6.54 Å². The van der Waals surface area contributed by atoms with E-state index in [1.807, 2.05) is 13.1 Å². The number of rotatable bonds is 5. The first-order valence-electron chi connectivity index (χ1n) is 4.87. The molecule has 0 bridgehead atoms. The molecule has 0 fully saturated rings. The van der Waals surface area contributed by atoms with Crippen LogP contribution in [0.3, 0.4) is 0 Å². The van der Waals surface area contributed by atoms with E-state index < -0.39 is 0 Å². The first kappa shape index (κ1) is 10.3. The molecule has 1 aromatic heterocycles. The highest BCUT2D eigenvalue weighted by molar-refractivity contribution is 4.68. The standard InChI is InChI=1S/C10H19N2O/c1-4-5-6-11-7-8-12(9-11)10(2)13-3/h7-10H,4-6H2,1-3H3/q+1. The number of hydrogen-bond acceptors (Lipinski definition) is 1. The van der Waals surface area contributed by atoms with E-state index in [1.165, 1.54) is 12.8 Å². The van der Waals surface area contributed by atoms with Gasteiger partial charge in [-0.25, -0.2) is 9.13 Å². The third-order valence-corrected chi connectivity index (χ3v) is 2.24. The van der Waals surface area contributed by atoms with Crippen molar-refractivity contribution >= 4 is 0 Å². The predicted octanol–water partition coefficient (Wildman–Crippen LogP) is 1.74. The van der Waals surface area contributed by atoms with Crippen LogP contribution >= 0.6 is 0 Å². The average molecular weight is 183 g/mol. The first-order chi connectivity index (χ1) is 6.27. The number of methoxy groups -OCH3 is 1.